The number of benzene rings is 1. The minimum absolute atomic E-state index is 0.261. The van der Waals surface area contributed by atoms with E-state index in [1.165, 1.54) is 6.20 Å². The van der Waals surface area contributed by atoms with Crippen LogP contribution in [0.25, 0.3) is 0 Å². The molecule has 98 valence electrons. The van der Waals surface area contributed by atoms with Crippen LogP contribution < -0.4 is 16.0 Å². The Bertz CT molecular complexity index is 578. The second kappa shape index (κ2) is 5.39. The molecule has 0 fully saturated rings. The lowest BCUT2D eigenvalue weighted by Crippen LogP contribution is -2.14. The summed E-state index contributed by atoms with van der Waals surface area (Å²) in [6.45, 7) is 0. The van der Waals surface area contributed by atoms with E-state index in [1.54, 1.807) is 12.3 Å². The summed E-state index contributed by atoms with van der Waals surface area (Å²) in [4.78, 5) is 17.9. The van der Waals surface area contributed by atoms with Crippen LogP contribution in [-0.4, -0.2) is 25.0 Å². The van der Waals surface area contributed by atoms with Crippen LogP contribution in [0.1, 0.15) is 10.4 Å². The van der Waals surface area contributed by atoms with Crippen molar-refractivity contribution in [3.8, 4) is 0 Å². The fourth-order valence-corrected chi connectivity index (χ4v) is 1.64. The van der Waals surface area contributed by atoms with Gasteiger partial charge in [-0.25, -0.2) is 0 Å². The van der Waals surface area contributed by atoms with Crippen molar-refractivity contribution in [1.29, 1.82) is 0 Å². The van der Waals surface area contributed by atoms with Gasteiger partial charge in [-0.2, -0.15) is 0 Å². The Hall–Kier alpha value is -2.56. The maximum Gasteiger partial charge on any atom is 0.259 e. The molecular weight excluding hydrogens is 240 g/mol. The number of hydrogen-bond donors (Lipinski definition) is 2. The van der Waals surface area contributed by atoms with Gasteiger partial charge < -0.3 is 16.0 Å². The highest BCUT2D eigenvalue weighted by Gasteiger charge is 2.09. The molecule has 0 unspecified atom stereocenters. The Morgan fingerprint density at radius 3 is 2.47 bits per heavy atom. The third-order valence-corrected chi connectivity index (χ3v) is 2.74. The number of nitrogens with one attached hydrogen (secondary N) is 1. The van der Waals surface area contributed by atoms with E-state index in [-0.39, 0.29) is 5.91 Å². The molecule has 0 atom stereocenters. The lowest BCUT2D eigenvalue weighted by atomic mass is 10.2. The lowest BCUT2D eigenvalue weighted by molar-refractivity contribution is 0.102. The fourth-order valence-electron chi connectivity index (χ4n) is 1.64. The number of hydrogen-bond acceptors (Lipinski definition) is 4. The summed E-state index contributed by atoms with van der Waals surface area (Å²) in [6, 6.07) is 9.16. The molecule has 0 saturated carbocycles. The zero-order valence-corrected chi connectivity index (χ0v) is 10.9. The average Bonchev–Trinajstić information content (AvgIpc) is 2.39. The Kier molecular flexibility index (Phi) is 3.66. The summed E-state index contributed by atoms with van der Waals surface area (Å²) in [5, 5.41) is 2.79. The topological polar surface area (TPSA) is 71.2 Å². The maximum absolute atomic E-state index is 12.0. The van der Waals surface area contributed by atoms with Gasteiger partial charge in [0.2, 0.25) is 0 Å². The van der Waals surface area contributed by atoms with Crippen molar-refractivity contribution in [3.63, 3.8) is 0 Å². The smallest absolute Gasteiger partial charge is 0.259 e. The fraction of sp³-hybridized carbons (Fsp3) is 0.143. The predicted octanol–water partition coefficient (Wildman–Crippen LogP) is 1.98. The SMILES string of the molecule is CN(C)c1ccc(NC(=O)c2cnccc2N)cc1. The number of nitrogen functional groups attached to an aromatic ring is 1. The number of pyridine rings is 1. The van der Waals surface area contributed by atoms with Crippen molar-refractivity contribution in [2.75, 3.05) is 30.0 Å². The van der Waals surface area contributed by atoms with E-state index in [9.17, 15) is 4.79 Å². The predicted molar refractivity (Wildman–Crippen MR) is 77.4 cm³/mol. The van der Waals surface area contributed by atoms with Gasteiger partial charge in [-0.1, -0.05) is 0 Å². The largest absolute Gasteiger partial charge is 0.398 e. The Labute approximate surface area is 112 Å². The van der Waals surface area contributed by atoms with Gasteiger partial charge in [0.15, 0.2) is 0 Å². The molecule has 19 heavy (non-hydrogen) atoms. The number of carbonyl (C=O) groups is 1. The molecule has 5 nitrogen and oxygen atoms in total. The molecule has 0 aliphatic rings. The third kappa shape index (κ3) is 3.01. The summed E-state index contributed by atoms with van der Waals surface area (Å²) >= 11 is 0. The van der Waals surface area contributed by atoms with Gasteiger partial charge in [-0.3, -0.25) is 9.78 Å². The van der Waals surface area contributed by atoms with Crippen molar-refractivity contribution in [2.24, 2.45) is 0 Å². The Morgan fingerprint density at radius 2 is 1.89 bits per heavy atom. The first kappa shape index (κ1) is 12.9. The molecule has 1 heterocycles. The maximum atomic E-state index is 12.0. The quantitative estimate of drug-likeness (QED) is 0.881. The van der Waals surface area contributed by atoms with Crippen molar-refractivity contribution >= 4 is 23.0 Å². The molecule has 0 aliphatic carbocycles. The van der Waals surface area contributed by atoms with Gasteiger partial charge in [-0.15, -0.1) is 0 Å². The molecule has 0 aliphatic heterocycles. The summed E-state index contributed by atoms with van der Waals surface area (Å²) in [5.74, 6) is -0.261. The number of aromatic nitrogens is 1. The molecule has 1 amide bonds. The van der Waals surface area contributed by atoms with E-state index in [0.717, 1.165) is 11.4 Å². The highest BCUT2D eigenvalue weighted by atomic mass is 16.1. The van der Waals surface area contributed by atoms with Crippen LogP contribution in [0.3, 0.4) is 0 Å². The number of rotatable bonds is 3. The highest BCUT2D eigenvalue weighted by molar-refractivity contribution is 6.07. The van der Waals surface area contributed by atoms with Crippen LogP contribution in [0.15, 0.2) is 42.7 Å². The second-order valence-corrected chi connectivity index (χ2v) is 4.36. The van der Waals surface area contributed by atoms with Crippen molar-refractivity contribution < 1.29 is 4.79 Å². The first-order valence-corrected chi connectivity index (χ1v) is 5.86. The number of nitrogens with two attached hydrogens (primary N) is 1. The first-order chi connectivity index (χ1) is 9.08. The molecule has 0 radical (unpaired) electrons. The Balaban J connectivity index is 2.13. The van der Waals surface area contributed by atoms with Gasteiger partial charge in [0.1, 0.15) is 0 Å². The van der Waals surface area contributed by atoms with Crippen LogP contribution in [0.2, 0.25) is 0 Å². The highest BCUT2D eigenvalue weighted by Crippen LogP contribution is 2.17. The molecule has 0 bridgehead atoms. The zero-order valence-electron chi connectivity index (χ0n) is 10.9. The van der Waals surface area contributed by atoms with E-state index in [1.807, 2.05) is 43.3 Å². The second-order valence-electron chi connectivity index (χ2n) is 4.36. The van der Waals surface area contributed by atoms with Crippen LogP contribution in [0.5, 0.6) is 0 Å². The molecule has 1 aromatic heterocycles. The van der Waals surface area contributed by atoms with Crippen LogP contribution in [0, 0.1) is 0 Å². The van der Waals surface area contributed by atoms with Gasteiger partial charge in [-0.05, 0) is 30.3 Å². The number of nitrogens with zero attached hydrogens (tertiary/aromatic N) is 2. The molecular formula is C14H16N4O. The molecule has 5 heteroatoms. The average molecular weight is 256 g/mol. The minimum atomic E-state index is -0.261. The van der Waals surface area contributed by atoms with Crippen molar-refractivity contribution in [1.82, 2.24) is 4.98 Å². The summed E-state index contributed by atoms with van der Waals surface area (Å²) in [7, 11) is 3.92. The normalized spacial score (nSPS) is 10.0. The van der Waals surface area contributed by atoms with Gasteiger partial charge in [0.05, 0.1) is 5.56 Å². The van der Waals surface area contributed by atoms with Crippen molar-refractivity contribution in [2.45, 2.75) is 0 Å². The Morgan fingerprint density at radius 1 is 1.21 bits per heavy atom. The molecule has 2 aromatic rings. The first-order valence-electron chi connectivity index (χ1n) is 5.86. The van der Waals surface area contributed by atoms with Crippen LogP contribution >= 0.6 is 0 Å². The van der Waals surface area contributed by atoms with E-state index in [2.05, 4.69) is 10.3 Å². The van der Waals surface area contributed by atoms with Gasteiger partial charge >= 0.3 is 0 Å². The number of amides is 1. The number of carbonyl (C=O) groups excluding carboxylic acids is 1. The molecule has 2 rings (SSSR count). The van der Waals surface area contributed by atoms with Crippen LogP contribution in [-0.2, 0) is 0 Å². The monoisotopic (exact) mass is 256 g/mol. The standard InChI is InChI=1S/C14H16N4O/c1-18(2)11-5-3-10(4-6-11)17-14(19)12-9-16-8-7-13(12)15/h3-9H,1-2H3,(H2,15,16)(H,17,19). The molecule has 0 saturated heterocycles. The van der Waals surface area contributed by atoms with Gasteiger partial charge in [0.25, 0.3) is 5.91 Å². The van der Waals surface area contributed by atoms with E-state index < -0.39 is 0 Å². The number of anilines is 3. The summed E-state index contributed by atoms with van der Waals surface area (Å²) in [5.41, 5.74) is 8.31. The zero-order chi connectivity index (χ0) is 13.8. The molecule has 0 spiro atoms. The summed E-state index contributed by atoms with van der Waals surface area (Å²) in [6.07, 6.45) is 3.01. The third-order valence-electron chi connectivity index (χ3n) is 2.74. The van der Waals surface area contributed by atoms with E-state index >= 15 is 0 Å². The molecule has 3 N–H and O–H groups in total. The molecule has 1 aromatic carbocycles. The minimum Gasteiger partial charge on any atom is -0.398 e. The van der Waals surface area contributed by atoms with Crippen LogP contribution in [0.4, 0.5) is 17.1 Å². The lowest BCUT2D eigenvalue weighted by Gasteiger charge is -2.13. The summed E-state index contributed by atoms with van der Waals surface area (Å²) < 4.78 is 0. The van der Waals surface area contributed by atoms with Gasteiger partial charge in [0, 0.05) is 43.6 Å². The van der Waals surface area contributed by atoms with Crippen molar-refractivity contribution in [3.05, 3.63) is 48.3 Å². The van der Waals surface area contributed by atoms with E-state index in [4.69, 9.17) is 5.73 Å². The van der Waals surface area contributed by atoms with E-state index in [0.29, 0.717) is 11.3 Å².